The maximum Gasteiger partial charge on any atom is 0.107 e. The van der Waals surface area contributed by atoms with Gasteiger partial charge >= 0.3 is 0 Å². The van der Waals surface area contributed by atoms with Crippen LogP contribution in [0.2, 0.25) is 0 Å². The Labute approximate surface area is 122 Å². The van der Waals surface area contributed by atoms with Crippen LogP contribution in [-0.2, 0) is 5.54 Å². The number of nitrogens with one attached hydrogen (secondary N) is 1. The molecule has 0 bridgehead atoms. The lowest BCUT2D eigenvalue weighted by Gasteiger charge is -2.29. The predicted molar refractivity (Wildman–Crippen MR) is 88.2 cm³/mol. The van der Waals surface area contributed by atoms with Gasteiger partial charge in [0.2, 0.25) is 0 Å². The Morgan fingerprint density at radius 2 is 1.45 bits per heavy atom. The molecule has 2 nitrogen and oxygen atoms in total. The van der Waals surface area contributed by atoms with E-state index in [0.717, 1.165) is 0 Å². The number of hydrogen-bond donors (Lipinski definition) is 1. The first-order valence-corrected chi connectivity index (χ1v) is 7.23. The fourth-order valence-corrected chi connectivity index (χ4v) is 2.29. The summed E-state index contributed by atoms with van der Waals surface area (Å²) in [5.74, 6) is 1.17. The van der Waals surface area contributed by atoms with Crippen molar-refractivity contribution >= 4 is 5.82 Å². The summed E-state index contributed by atoms with van der Waals surface area (Å²) in [6, 6.07) is 12.8. The summed E-state index contributed by atoms with van der Waals surface area (Å²) < 4.78 is 2.32. The van der Waals surface area contributed by atoms with E-state index in [9.17, 15) is 0 Å². The second kappa shape index (κ2) is 5.01. The average molecular weight is 270 g/mol. The van der Waals surface area contributed by atoms with Crippen molar-refractivity contribution in [1.29, 1.82) is 0 Å². The molecule has 20 heavy (non-hydrogen) atoms. The van der Waals surface area contributed by atoms with Gasteiger partial charge in [-0.3, -0.25) is 0 Å². The molecule has 1 aromatic heterocycles. The van der Waals surface area contributed by atoms with Crippen LogP contribution in [0, 0.1) is 0 Å². The lowest BCUT2D eigenvalue weighted by Crippen LogP contribution is -2.31. The van der Waals surface area contributed by atoms with Gasteiger partial charge in [-0.2, -0.15) is 0 Å². The molecule has 2 aromatic rings. The Hall–Kier alpha value is -1.70. The first-order chi connectivity index (χ1) is 9.17. The molecular formula is C18H26N2. The van der Waals surface area contributed by atoms with Gasteiger partial charge in [0.15, 0.2) is 0 Å². The first kappa shape index (κ1) is 14.7. The molecule has 1 aromatic carbocycles. The van der Waals surface area contributed by atoms with Crippen molar-refractivity contribution in [2.24, 2.45) is 0 Å². The summed E-state index contributed by atoms with van der Waals surface area (Å²) in [7, 11) is 0. The lowest BCUT2D eigenvalue weighted by atomic mass is 10.1. The van der Waals surface area contributed by atoms with E-state index in [1.807, 2.05) is 0 Å². The number of anilines is 1. The highest BCUT2D eigenvalue weighted by Crippen LogP contribution is 2.31. The number of aromatic nitrogens is 1. The van der Waals surface area contributed by atoms with Gasteiger partial charge in [-0.15, -0.1) is 0 Å². The Bertz CT molecular complexity index is 566. The molecule has 1 heterocycles. The minimum Gasteiger partial charge on any atom is -0.367 e. The zero-order chi connectivity index (χ0) is 15.0. The van der Waals surface area contributed by atoms with Crippen molar-refractivity contribution in [3.63, 3.8) is 0 Å². The second-order valence-corrected chi connectivity index (χ2v) is 7.40. The second-order valence-electron chi connectivity index (χ2n) is 7.40. The SMILES string of the molecule is CC(C)(C)Nc1cc(-c2ccccc2)cn1C(C)(C)C. The molecule has 108 valence electrons. The van der Waals surface area contributed by atoms with Crippen molar-refractivity contribution < 1.29 is 0 Å². The highest BCUT2D eigenvalue weighted by Gasteiger charge is 2.21. The van der Waals surface area contributed by atoms with E-state index in [0.29, 0.717) is 0 Å². The van der Waals surface area contributed by atoms with Crippen molar-refractivity contribution in [2.75, 3.05) is 5.32 Å². The summed E-state index contributed by atoms with van der Waals surface area (Å²) >= 11 is 0. The largest absolute Gasteiger partial charge is 0.367 e. The molecule has 1 N–H and O–H groups in total. The Morgan fingerprint density at radius 1 is 0.850 bits per heavy atom. The Balaban J connectivity index is 2.48. The van der Waals surface area contributed by atoms with E-state index in [4.69, 9.17) is 0 Å². The quantitative estimate of drug-likeness (QED) is 0.801. The van der Waals surface area contributed by atoms with Gasteiger partial charge in [0.1, 0.15) is 5.82 Å². The molecule has 0 spiro atoms. The van der Waals surface area contributed by atoms with Crippen LogP contribution in [0.5, 0.6) is 0 Å². The normalized spacial score (nSPS) is 12.5. The van der Waals surface area contributed by atoms with Crippen LogP contribution < -0.4 is 5.32 Å². The van der Waals surface area contributed by atoms with Gasteiger partial charge in [0, 0.05) is 22.8 Å². The van der Waals surface area contributed by atoms with E-state index in [-0.39, 0.29) is 11.1 Å². The Kier molecular flexibility index (Phi) is 3.68. The van der Waals surface area contributed by atoms with Crippen LogP contribution in [0.4, 0.5) is 5.82 Å². The minimum atomic E-state index is 0.0509. The third-order valence-electron chi connectivity index (χ3n) is 3.15. The van der Waals surface area contributed by atoms with E-state index in [2.05, 4.69) is 94.0 Å². The van der Waals surface area contributed by atoms with Gasteiger partial charge in [0.25, 0.3) is 0 Å². The summed E-state index contributed by atoms with van der Waals surface area (Å²) in [6.07, 6.45) is 2.24. The van der Waals surface area contributed by atoms with Gasteiger partial charge in [-0.25, -0.2) is 0 Å². The summed E-state index contributed by atoms with van der Waals surface area (Å²) in [4.78, 5) is 0. The topological polar surface area (TPSA) is 17.0 Å². The predicted octanol–water partition coefficient (Wildman–Crippen LogP) is 5.12. The molecule has 0 saturated carbocycles. The zero-order valence-corrected chi connectivity index (χ0v) is 13.5. The molecule has 0 fully saturated rings. The van der Waals surface area contributed by atoms with Gasteiger partial charge in [0.05, 0.1) is 0 Å². The standard InChI is InChI=1S/C18H26N2/c1-17(2,3)19-16-12-15(13-20(16)18(4,5)6)14-10-8-7-9-11-14/h7-13,19H,1-6H3. The van der Waals surface area contributed by atoms with Crippen LogP contribution in [-0.4, -0.2) is 10.1 Å². The number of benzene rings is 1. The van der Waals surface area contributed by atoms with Crippen LogP contribution in [0.3, 0.4) is 0 Å². The van der Waals surface area contributed by atoms with E-state index in [1.54, 1.807) is 0 Å². The first-order valence-electron chi connectivity index (χ1n) is 7.23. The number of hydrogen-bond acceptors (Lipinski definition) is 1. The molecule has 0 radical (unpaired) electrons. The molecule has 0 saturated heterocycles. The van der Waals surface area contributed by atoms with Crippen molar-refractivity contribution in [2.45, 2.75) is 52.6 Å². The maximum atomic E-state index is 3.61. The molecule has 0 aliphatic heterocycles. The van der Waals surface area contributed by atoms with Crippen LogP contribution in [0.1, 0.15) is 41.5 Å². The minimum absolute atomic E-state index is 0.0509. The lowest BCUT2D eigenvalue weighted by molar-refractivity contribution is 0.400. The van der Waals surface area contributed by atoms with Crippen molar-refractivity contribution in [3.8, 4) is 11.1 Å². The molecule has 0 aliphatic carbocycles. The molecule has 0 amide bonds. The van der Waals surface area contributed by atoms with E-state index < -0.39 is 0 Å². The highest BCUT2D eigenvalue weighted by atomic mass is 15.2. The van der Waals surface area contributed by atoms with Crippen molar-refractivity contribution in [1.82, 2.24) is 4.57 Å². The molecular weight excluding hydrogens is 244 g/mol. The molecule has 2 heteroatoms. The fourth-order valence-electron chi connectivity index (χ4n) is 2.29. The third kappa shape index (κ3) is 3.44. The van der Waals surface area contributed by atoms with E-state index >= 15 is 0 Å². The van der Waals surface area contributed by atoms with E-state index in [1.165, 1.54) is 16.9 Å². The maximum absolute atomic E-state index is 3.61. The highest BCUT2D eigenvalue weighted by molar-refractivity contribution is 5.68. The van der Waals surface area contributed by atoms with Crippen LogP contribution in [0.15, 0.2) is 42.6 Å². The molecule has 2 rings (SSSR count). The third-order valence-corrected chi connectivity index (χ3v) is 3.15. The number of nitrogens with zero attached hydrogens (tertiary/aromatic N) is 1. The summed E-state index contributed by atoms with van der Waals surface area (Å²) in [6.45, 7) is 13.3. The molecule has 0 aliphatic rings. The van der Waals surface area contributed by atoms with Gasteiger partial charge in [-0.05, 0) is 53.2 Å². The summed E-state index contributed by atoms with van der Waals surface area (Å²) in [5, 5.41) is 3.61. The van der Waals surface area contributed by atoms with Crippen molar-refractivity contribution in [3.05, 3.63) is 42.6 Å². The molecule has 0 atom stereocenters. The van der Waals surface area contributed by atoms with Crippen LogP contribution in [0.25, 0.3) is 11.1 Å². The van der Waals surface area contributed by atoms with Gasteiger partial charge < -0.3 is 9.88 Å². The number of rotatable bonds is 2. The van der Waals surface area contributed by atoms with Gasteiger partial charge in [-0.1, -0.05) is 30.3 Å². The smallest absolute Gasteiger partial charge is 0.107 e. The van der Waals surface area contributed by atoms with Crippen LogP contribution >= 0.6 is 0 Å². The fraction of sp³-hybridized carbons (Fsp3) is 0.444. The Morgan fingerprint density at radius 3 is 1.95 bits per heavy atom. The zero-order valence-electron chi connectivity index (χ0n) is 13.5. The monoisotopic (exact) mass is 270 g/mol. The summed E-state index contributed by atoms with van der Waals surface area (Å²) in [5.41, 5.74) is 2.62. The average Bonchev–Trinajstić information content (AvgIpc) is 2.71. The molecule has 0 unspecified atom stereocenters.